The van der Waals surface area contributed by atoms with E-state index in [0.29, 0.717) is 24.3 Å². The molecule has 1 N–H and O–H groups in total. The Morgan fingerprint density at radius 1 is 1.19 bits per heavy atom. The maximum atomic E-state index is 13.4. The third-order valence-corrected chi connectivity index (χ3v) is 6.90. The average molecular weight is 371 g/mol. The lowest BCUT2D eigenvalue weighted by Gasteiger charge is -2.38. The molecular formula is C19H21N3O3S. The number of amides is 1. The van der Waals surface area contributed by atoms with Crippen LogP contribution in [-0.4, -0.2) is 60.9 Å². The highest BCUT2D eigenvalue weighted by Crippen LogP contribution is 2.29. The van der Waals surface area contributed by atoms with Gasteiger partial charge in [0.1, 0.15) is 0 Å². The molecule has 2 aliphatic heterocycles. The molecule has 0 radical (unpaired) electrons. The number of aromatic nitrogens is 1. The Kier molecular flexibility index (Phi) is 4.28. The van der Waals surface area contributed by atoms with Gasteiger partial charge in [-0.1, -0.05) is 30.3 Å². The molecule has 0 bridgehead atoms. The number of piperazine rings is 1. The maximum Gasteiger partial charge on any atom is 0.256 e. The van der Waals surface area contributed by atoms with Crippen LogP contribution >= 0.6 is 0 Å². The first-order valence-electron chi connectivity index (χ1n) is 8.72. The van der Waals surface area contributed by atoms with E-state index in [1.165, 1.54) is 0 Å². The van der Waals surface area contributed by atoms with Crippen molar-refractivity contribution >= 4 is 15.7 Å². The number of aryl methyl sites for hydroxylation is 1. The molecule has 1 aromatic carbocycles. The molecule has 1 aromatic heterocycles. The summed E-state index contributed by atoms with van der Waals surface area (Å²) in [5, 5.41) is 3.25. The van der Waals surface area contributed by atoms with Crippen molar-refractivity contribution in [2.45, 2.75) is 19.0 Å². The number of hydrogen-bond acceptors (Lipinski definition) is 5. The molecule has 1 amide bonds. The molecule has 7 heteroatoms. The second kappa shape index (κ2) is 6.48. The monoisotopic (exact) mass is 371 g/mol. The van der Waals surface area contributed by atoms with Gasteiger partial charge >= 0.3 is 0 Å². The minimum absolute atomic E-state index is 0.0242. The fourth-order valence-electron chi connectivity index (χ4n) is 3.96. The number of sulfone groups is 1. The Bertz CT molecular complexity index is 944. The number of pyridine rings is 1. The van der Waals surface area contributed by atoms with Gasteiger partial charge in [-0.05, 0) is 24.1 Å². The smallest absolute Gasteiger partial charge is 0.256 e. The van der Waals surface area contributed by atoms with Crippen LogP contribution in [0.5, 0.6) is 0 Å². The highest BCUT2D eigenvalue weighted by molar-refractivity contribution is 7.91. The van der Waals surface area contributed by atoms with E-state index in [1.807, 2.05) is 43.3 Å². The van der Waals surface area contributed by atoms with Gasteiger partial charge in [-0.3, -0.25) is 9.78 Å². The number of carbonyl (C=O) groups is 1. The number of nitrogens with one attached hydrogen (secondary N) is 1. The van der Waals surface area contributed by atoms with Crippen LogP contribution in [-0.2, 0) is 9.84 Å². The quantitative estimate of drug-likeness (QED) is 0.860. The first-order chi connectivity index (χ1) is 12.5. The number of nitrogens with zero attached hydrogens (tertiary/aromatic N) is 2. The number of benzene rings is 1. The molecule has 4 rings (SSSR count). The molecule has 2 fully saturated rings. The summed E-state index contributed by atoms with van der Waals surface area (Å²) in [4.78, 5) is 19.5. The molecule has 2 aliphatic rings. The minimum Gasteiger partial charge on any atom is -0.332 e. The molecule has 6 nitrogen and oxygen atoms in total. The van der Waals surface area contributed by atoms with Crippen molar-refractivity contribution < 1.29 is 13.2 Å². The van der Waals surface area contributed by atoms with Crippen LogP contribution in [0.25, 0.3) is 11.1 Å². The van der Waals surface area contributed by atoms with Crippen molar-refractivity contribution in [3.05, 3.63) is 53.9 Å². The summed E-state index contributed by atoms with van der Waals surface area (Å²) in [6.07, 6.45) is 1.70. The number of fused-ring (bicyclic) bond motifs is 1. The summed E-state index contributed by atoms with van der Waals surface area (Å²) in [7, 11) is -3.12. The van der Waals surface area contributed by atoms with Crippen molar-refractivity contribution in [3.8, 4) is 11.1 Å². The van der Waals surface area contributed by atoms with Crippen molar-refractivity contribution in [2.24, 2.45) is 0 Å². The molecule has 0 unspecified atom stereocenters. The Morgan fingerprint density at radius 2 is 1.96 bits per heavy atom. The van der Waals surface area contributed by atoms with E-state index in [-0.39, 0.29) is 29.5 Å². The van der Waals surface area contributed by atoms with Gasteiger partial charge in [-0.15, -0.1) is 0 Å². The summed E-state index contributed by atoms with van der Waals surface area (Å²) >= 11 is 0. The Labute approximate surface area is 153 Å². The molecule has 3 heterocycles. The van der Waals surface area contributed by atoms with E-state index in [9.17, 15) is 13.2 Å². The standard InChI is InChI=1S/C19H21N3O3S/c1-13-18(15(7-8-20-13)14-5-3-2-4-6-14)19(23)22-10-9-21-16-11-26(24,25)12-17(16)22/h2-8,16-17,21H,9-12H2,1H3/t16-,17+/m1/s1. The van der Waals surface area contributed by atoms with Gasteiger partial charge in [0.05, 0.1) is 28.8 Å². The molecule has 0 spiro atoms. The molecule has 2 atom stereocenters. The number of hydrogen-bond donors (Lipinski definition) is 1. The summed E-state index contributed by atoms with van der Waals surface area (Å²) < 4.78 is 24.1. The van der Waals surface area contributed by atoms with Gasteiger partial charge in [0, 0.05) is 25.3 Å². The highest BCUT2D eigenvalue weighted by Gasteiger charge is 2.45. The largest absolute Gasteiger partial charge is 0.332 e. The Hall–Kier alpha value is -2.25. The van der Waals surface area contributed by atoms with E-state index in [2.05, 4.69) is 10.3 Å². The fraction of sp³-hybridized carbons (Fsp3) is 0.368. The van der Waals surface area contributed by atoms with Gasteiger partial charge < -0.3 is 10.2 Å². The van der Waals surface area contributed by atoms with E-state index in [0.717, 1.165) is 11.1 Å². The third kappa shape index (κ3) is 3.01. The summed E-state index contributed by atoms with van der Waals surface area (Å²) in [6.45, 7) is 2.92. The van der Waals surface area contributed by atoms with Crippen molar-refractivity contribution in [3.63, 3.8) is 0 Å². The molecule has 136 valence electrons. The molecule has 0 saturated carbocycles. The second-order valence-electron chi connectivity index (χ2n) is 6.89. The maximum absolute atomic E-state index is 13.4. The summed E-state index contributed by atoms with van der Waals surface area (Å²) in [5.41, 5.74) is 3.00. The van der Waals surface area contributed by atoms with E-state index in [4.69, 9.17) is 0 Å². The van der Waals surface area contributed by atoms with Crippen LogP contribution in [0.3, 0.4) is 0 Å². The number of carbonyl (C=O) groups excluding carboxylic acids is 1. The zero-order valence-corrected chi connectivity index (χ0v) is 15.4. The topological polar surface area (TPSA) is 79.4 Å². The molecule has 26 heavy (non-hydrogen) atoms. The first-order valence-corrected chi connectivity index (χ1v) is 10.5. The van der Waals surface area contributed by atoms with Crippen LogP contribution < -0.4 is 5.32 Å². The SMILES string of the molecule is Cc1nccc(-c2ccccc2)c1C(=O)N1CCN[C@@H]2CS(=O)(=O)C[C@@H]21. The van der Waals surface area contributed by atoms with Gasteiger partial charge in [-0.2, -0.15) is 0 Å². The van der Waals surface area contributed by atoms with Gasteiger partial charge in [-0.25, -0.2) is 8.42 Å². The van der Waals surface area contributed by atoms with E-state index < -0.39 is 9.84 Å². The minimum atomic E-state index is -3.12. The summed E-state index contributed by atoms with van der Waals surface area (Å²) in [5.74, 6) is -0.0156. The predicted molar refractivity (Wildman–Crippen MR) is 99.7 cm³/mol. The van der Waals surface area contributed by atoms with Crippen molar-refractivity contribution in [1.29, 1.82) is 0 Å². The predicted octanol–water partition coefficient (Wildman–Crippen LogP) is 1.27. The normalized spacial score (nSPS) is 24.3. The zero-order chi connectivity index (χ0) is 18.3. The highest BCUT2D eigenvalue weighted by atomic mass is 32.2. The Balaban J connectivity index is 1.75. The van der Waals surface area contributed by atoms with E-state index >= 15 is 0 Å². The third-order valence-electron chi connectivity index (χ3n) is 5.18. The van der Waals surface area contributed by atoms with Crippen LogP contribution in [0.15, 0.2) is 42.6 Å². The first kappa shape index (κ1) is 17.2. The van der Waals surface area contributed by atoms with Crippen LogP contribution in [0.2, 0.25) is 0 Å². The second-order valence-corrected chi connectivity index (χ2v) is 9.04. The van der Waals surface area contributed by atoms with Gasteiger partial charge in [0.15, 0.2) is 9.84 Å². The van der Waals surface area contributed by atoms with E-state index in [1.54, 1.807) is 11.1 Å². The lowest BCUT2D eigenvalue weighted by Crippen LogP contribution is -2.59. The lowest BCUT2D eigenvalue weighted by atomic mass is 9.97. The van der Waals surface area contributed by atoms with Crippen LogP contribution in [0.4, 0.5) is 0 Å². The number of rotatable bonds is 2. The molecule has 2 aromatic rings. The summed E-state index contributed by atoms with van der Waals surface area (Å²) in [6, 6.07) is 11.1. The van der Waals surface area contributed by atoms with Crippen molar-refractivity contribution in [2.75, 3.05) is 24.6 Å². The Morgan fingerprint density at radius 3 is 2.73 bits per heavy atom. The van der Waals surface area contributed by atoms with Gasteiger partial charge in [0.25, 0.3) is 5.91 Å². The van der Waals surface area contributed by atoms with Crippen LogP contribution in [0.1, 0.15) is 16.1 Å². The molecule has 0 aliphatic carbocycles. The lowest BCUT2D eigenvalue weighted by molar-refractivity contribution is 0.0621. The molecular weight excluding hydrogens is 350 g/mol. The average Bonchev–Trinajstić information content (AvgIpc) is 2.95. The van der Waals surface area contributed by atoms with Crippen molar-refractivity contribution in [1.82, 2.24) is 15.2 Å². The zero-order valence-electron chi connectivity index (χ0n) is 14.6. The van der Waals surface area contributed by atoms with Gasteiger partial charge in [0.2, 0.25) is 0 Å². The van der Waals surface area contributed by atoms with Crippen LogP contribution in [0, 0.1) is 6.92 Å². The molecule has 2 saturated heterocycles. The fourth-order valence-corrected chi connectivity index (χ4v) is 5.91.